The molecule has 164 valence electrons. The number of nitrogens with one attached hydrogen (secondary N) is 1. The number of nitrogens with two attached hydrogens (primary N) is 2. The highest BCUT2D eigenvalue weighted by Gasteiger charge is 2.39. The highest BCUT2D eigenvalue weighted by atomic mass is 35.5. The number of ether oxygens (including phenoxy) is 1. The molecule has 0 spiro atoms. The molecule has 3 heterocycles. The number of pyridine rings is 1. The van der Waals surface area contributed by atoms with Crippen molar-refractivity contribution in [2.45, 2.75) is 6.04 Å². The third kappa shape index (κ3) is 4.17. The van der Waals surface area contributed by atoms with Gasteiger partial charge in [0, 0.05) is 23.6 Å². The van der Waals surface area contributed by atoms with Crippen molar-refractivity contribution in [3.05, 3.63) is 62.7 Å². The van der Waals surface area contributed by atoms with Gasteiger partial charge in [0.15, 0.2) is 10.9 Å². The average Bonchev–Trinajstić information content (AvgIpc) is 3.29. The van der Waals surface area contributed by atoms with Crippen molar-refractivity contribution in [3.8, 4) is 0 Å². The largest absolute Gasteiger partial charge is 0.464 e. The van der Waals surface area contributed by atoms with Gasteiger partial charge in [0.1, 0.15) is 23.3 Å². The Labute approximate surface area is 195 Å². The molecule has 5 N–H and O–H groups in total. The molecule has 1 fully saturated rings. The third-order valence-corrected chi connectivity index (χ3v) is 6.37. The summed E-state index contributed by atoms with van der Waals surface area (Å²) in [4.78, 5) is 45.0. The number of carbonyl (C=O) groups excluding carboxylic acids is 3. The summed E-state index contributed by atoms with van der Waals surface area (Å²) in [7, 11) is 0. The highest BCUT2D eigenvalue weighted by molar-refractivity contribution is 7.18. The Hall–Kier alpha value is -3.05. The van der Waals surface area contributed by atoms with E-state index in [4.69, 9.17) is 39.4 Å². The first kappa shape index (κ1) is 22.2. The van der Waals surface area contributed by atoms with Crippen LogP contribution in [0.3, 0.4) is 0 Å². The number of aromatic nitrogens is 2. The van der Waals surface area contributed by atoms with Gasteiger partial charge in [-0.05, 0) is 24.3 Å². The van der Waals surface area contributed by atoms with Crippen molar-refractivity contribution in [3.63, 3.8) is 0 Å². The number of halogens is 2. The summed E-state index contributed by atoms with van der Waals surface area (Å²) in [6.45, 7) is -0.0282. The second-order valence-electron chi connectivity index (χ2n) is 6.87. The van der Waals surface area contributed by atoms with Crippen LogP contribution >= 0.6 is 34.5 Å². The van der Waals surface area contributed by atoms with Gasteiger partial charge >= 0.3 is 5.97 Å². The number of cyclic esters (lactones) is 1. The van der Waals surface area contributed by atoms with Crippen molar-refractivity contribution in [2.24, 2.45) is 11.7 Å². The van der Waals surface area contributed by atoms with Crippen molar-refractivity contribution in [1.82, 2.24) is 9.97 Å². The summed E-state index contributed by atoms with van der Waals surface area (Å²) in [5.74, 6) is -2.00. The number of rotatable bonds is 6. The molecule has 9 nitrogen and oxygen atoms in total. The van der Waals surface area contributed by atoms with Crippen LogP contribution in [-0.2, 0) is 9.53 Å². The fourth-order valence-electron chi connectivity index (χ4n) is 3.12. The Morgan fingerprint density at radius 1 is 1.16 bits per heavy atom. The Morgan fingerprint density at radius 3 is 2.41 bits per heavy atom. The summed E-state index contributed by atoms with van der Waals surface area (Å²) >= 11 is 13.2. The molecule has 0 aliphatic carbocycles. The van der Waals surface area contributed by atoms with Gasteiger partial charge in [0.05, 0.1) is 21.5 Å². The van der Waals surface area contributed by atoms with Crippen LogP contribution in [-0.4, -0.2) is 40.2 Å². The zero-order valence-corrected chi connectivity index (χ0v) is 18.5. The number of nitrogens with zero attached hydrogens (tertiary/aromatic N) is 2. The first-order chi connectivity index (χ1) is 15.3. The van der Waals surface area contributed by atoms with Crippen molar-refractivity contribution < 1.29 is 19.1 Å². The number of ketones is 2. The van der Waals surface area contributed by atoms with Crippen LogP contribution in [0.15, 0.2) is 36.7 Å². The maximum atomic E-state index is 12.9. The van der Waals surface area contributed by atoms with Crippen LogP contribution in [0.1, 0.15) is 25.6 Å². The van der Waals surface area contributed by atoms with E-state index in [-0.39, 0.29) is 38.7 Å². The number of benzene rings is 1. The number of anilines is 3. The molecular formula is C20H15Cl2N5O4S. The predicted octanol–water partition coefficient (Wildman–Crippen LogP) is 3.08. The summed E-state index contributed by atoms with van der Waals surface area (Å²) in [6, 6.07) is 5.55. The van der Waals surface area contributed by atoms with Gasteiger partial charge in [-0.3, -0.25) is 19.4 Å². The molecular weight excluding hydrogens is 477 g/mol. The quantitative estimate of drug-likeness (QED) is 0.348. The van der Waals surface area contributed by atoms with E-state index in [1.165, 1.54) is 12.4 Å². The van der Waals surface area contributed by atoms with Crippen LogP contribution in [0.2, 0.25) is 10.0 Å². The SMILES string of the molecule is Nc1nc(Nc2ccc(C(=O)C3COC(=O)C3N)cc2)sc1C(=O)c1c(Cl)cncc1Cl. The van der Waals surface area contributed by atoms with Gasteiger partial charge in [-0.25, -0.2) is 4.98 Å². The molecule has 2 unspecified atom stereocenters. The molecule has 2 atom stereocenters. The van der Waals surface area contributed by atoms with Gasteiger partial charge < -0.3 is 21.5 Å². The zero-order valence-electron chi connectivity index (χ0n) is 16.2. The predicted molar refractivity (Wildman–Crippen MR) is 121 cm³/mol. The second kappa shape index (κ2) is 8.83. The lowest BCUT2D eigenvalue weighted by Gasteiger charge is -2.10. The molecule has 0 bridgehead atoms. The van der Waals surface area contributed by atoms with Gasteiger partial charge in [0.2, 0.25) is 5.78 Å². The topological polar surface area (TPSA) is 150 Å². The number of hydrogen-bond donors (Lipinski definition) is 3. The molecule has 0 amide bonds. The highest BCUT2D eigenvalue weighted by Crippen LogP contribution is 2.33. The van der Waals surface area contributed by atoms with Crippen LogP contribution in [0.25, 0.3) is 0 Å². The van der Waals surface area contributed by atoms with Crippen molar-refractivity contribution in [1.29, 1.82) is 0 Å². The molecule has 1 aliphatic rings. The molecule has 32 heavy (non-hydrogen) atoms. The lowest BCUT2D eigenvalue weighted by atomic mass is 9.93. The van der Waals surface area contributed by atoms with E-state index in [2.05, 4.69) is 15.3 Å². The van der Waals surface area contributed by atoms with Crippen LogP contribution < -0.4 is 16.8 Å². The number of esters is 1. The minimum Gasteiger partial charge on any atom is -0.464 e. The minimum absolute atomic E-state index is 0.0260. The Kier molecular flexibility index (Phi) is 6.11. The van der Waals surface area contributed by atoms with Gasteiger partial charge in [-0.1, -0.05) is 34.5 Å². The van der Waals surface area contributed by atoms with E-state index in [9.17, 15) is 14.4 Å². The monoisotopic (exact) mass is 491 g/mol. The number of Topliss-reactive ketones (excluding diaryl/α,β-unsaturated/α-hetero) is 1. The van der Waals surface area contributed by atoms with Crippen molar-refractivity contribution >= 4 is 68.7 Å². The second-order valence-corrected chi connectivity index (χ2v) is 8.68. The van der Waals surface area contributed by atoms with Gasteiger partial charge in [0.25, 0.3) is 0 Å². The normalized spacial score (nSPS) is 17.8. The first-order valence-electron chi connectivity index (χ1n) is 9.19. The molecule has 1 saturated heterocycles. The molecule has 3 aromatic rings. The molecule has 1 aromatic carbocycles. The lowest BCUT2D eigenvalue weighted by molar-refractivity contribution is -0.139. The Balaban J connectivity index is 1.50. The van der Waals surface area contributed by atoms with Crippen LogP contribution in [0.5, 0.6) is 0 Å². The standard InChI is InChI=1S/C20H15Cl2N5O4S/c21-11-5-25-6-12(22)13(11)16(29)17-18(24)27-20(32-17)26-9-3-1-8(2-4-9)15(28)10-7-31-19(30)14(10)23/h1-6,10,14H,7,23-24H2,(H,26,27). The molecule has 2 aromatic heterocycles. The number of thiazole rings is 1. The van der Waals surface area contributed by atoms with Crippen LogP contribution in [0.4, 0.5) is 16.6 Å². The number of carbonyl (C=O) groups is 3. The fourth-order valence-corrected chi connectivity index (χ4v) is 4.51. The zero-order chi connectivity index (χ0) is 23.0. The summed E-state index contributed by atoms with van der Waals surface area (Å²) in [5.41, 5.74) is 12.8. The third-order valence-electron chi connectivity index (χ3n) is 4.81. The smallest absolute Gasteiger partial charge is 0.323 e. The maximum absolute atomic E-state index is 12.9. The molecule has 0 radical (unpaired) electrons. The molecule has 4 rings (SSSR count). The van der Waals surface area contributed by atoms with E-state index in [0.29, 0.717) is 16.4 Å². The fraction of sp³-hybridized carbons (Fsp3) is 0.150. The van der Waals surface area contributed by atoms with E-state index in [1.807, 2.05) is 0 Å². The summed E-state index contributed by atoms with van der Waals surface area (Å²) in [5, 5.41) is 3.62. The Morgan fingerprint density at radius 2 is 1.81 bits per heavy atom. The summed E-state index contributed by atoms with van der Waals surface area (Å²) in [6.07, 6.45) is 2.64. The van der Waals surface area contributed by atoms with E-state index < -0.39 is 23.7 Å². The number of hydrogen-bond acceptors (Lipinski definition) is 10. The lowest BCUT2D eigenvalue weighted by Crippen LogP contribution is -2.36. The molecule has 1 aliphatic heterocycles. The van der Waals surface area contributed by atoms with Crippen molar-refractivity contribution in [2.75, 3.05) is 17.7 Å². The summed E-state index contributed by atoms with van der Waals surface area (Å²) < 4.78 is 4.84. The number of nitrogen functional groups attached to an aromatic ring is 1. The molecule has 0 saturated carbocycles. The average molecular weight is 492 g/mol. The van der Waals surface area contributed by atoms with Gasteiger partial charge in [-0.2, -0.15) is 0 Å². The maximum Gasteiger partial charge on any atom is 0.323 e. The van der Waals surface area contributed by atoms with E-state index in [0.717, 1.165) is 11.3 Å². The van der Waals surface area contributed by atoms with Crippen LogP contribution in [0, 0.1) is 5.92 Å². The minimum atomic E-state index is -0.961. The first-order valence-corrected chi connectivity index (χ1v) is 10.8. The Bertz CT molecular complexity index is 1210. The molecule has 12 heteroatoms. The van der Waals surface area contributed by atoms with E-state index in [1.54, 1.807) is 24.3 Å². The van der Waals surface area contributed by atoms with Gasteiger partial charge in [-0.15, -0.1) is 0 Å². The van der Waals surface area contributed by atoms with E-state index >= 15 is 0 Å².